The predicted octanol–water partition coefficient (Wildman–Crippen LogP) is 1.11. The molecule has 1 saturated heterocycles. The molecular formula is C18H24N4O3. The number of hydrogen-bond acceptors (Lipinski definition) is 6. The normalized spacial score (nSPS) is 15.5. The minimum absolute atomic E-state index is 0.110. The van der Waals surface area contributed by atoms with Gasteiger partial charge in [-0.3, -0.25) is 9.69 Å². The van der Waals surface area contributed by atoms with Gasteiger partial charge >= 0.3 is 0 Å². The fraction of sp³-hybridized carbons (Fsp3) is 0.500. The molecule has 2 heterocycles. The summed E-state index contributed by atoms with van der Waals surface area (Å²) in [5, 5.41) is 17.1. The van der Waals surface area contributed by atoms with Crippen LogP contribution in [0, 0.1) is 6.92 Å². The minimum atomic E-state index is 0.110. The van der Waals surface area contributed by atoms with Gasteiger partial charge in [-0.2, -0.15) is 0 Å². The lowest BCUT2D eigenvalue weighted by Crippen LogP contribution is -2.49. The zero-order valence-corrected chi connectivity index (χ0v) is 14.5. The Labute approximate surface area is 147 Å². The third kappa shape index (κ3) is 4.64. The van der Waals surface area contributed by atoms with Crippen molar-refractivity contribution in [3.63, 3.8) is 0 Å². The highest BCUT2D eigenvalue weighted by Gasteiger charge is 2.21. The zero-order valence-electron chi connectivity index (χ0n) is 14.5. The summed E-state index contributed by atoms with van der Waals surface area (Å²) in [6.45, 7) is 5.89. The first-order valence-corrected chi connectivity index (χ1v) is 8.66. The predicted molar refractivity (Wildman–Crippen MR) is 92.9 cm³/mol. The third-order valence-electron chi connectivity index (χ3n) is 4.46. The molecule has 0 aliphatic carbocycles. The van der Waals surface area contributed by atoms with Gasteiger partial charge in [-0.05, 0) is 19.1 Å². The van der Waals surface area contributed by atoms with Gasteiger partial charge in [0, 0.05) is 51.1 Å². The molecule has 1 fully saturated rings. The van der Waals surface area contributed by atoms with Crippen molar-refractivity contribution >= 4 is 5.91 Å². The van der Waals surface area contributed by atoms with E-state index in [4.69, 9.17) is 9.52 Å². The molecule has 0 atom stereocenters. The Bertz CT molecular complexity index is 691. The van der Waals surface area contributed by atoms with E-state index in [1.54, 1.807) is 0 Å². The maximum absolute atomic E-state index is 12.3. The number of aryl methyl sites for hydroxylation is 2. The van der Waals surface area contributed by atoms with Gasteiger partial charge in [-0.25, -0.2) is 0 Å². The van der Waals surface area contributed by atoms with Gasteiger partial charge in [0.05, 0.1) is 6.61 Å². The number of rotatable bonds is 6. The quantitative estimate of drug-likeness (QED) is 0.845. The monoisotopic (exact) mass is 344 g/mol. The summed E-state index contributed by atoms with van der Waals surface area (Å²) in [5.74, 6) is 1.08. The third-order valence-corrected chi connectivity index (χ3v) is 4.46. The first-order valence-electron chi connectivity index (χ1n) is 8.66. The molecule has 0 radical (unpaired) electrons. The molecule has 0 saturated carbocycles. The number of aliphatic hydroxyl groups excluding tert-OH is 1. The number of amides is 1. The van der Waals surface area contributed by atoms with Crippen LogP contribution < -0.4 is 0 Å². The number of aliphatic hydroxyl groups is 1. The van der Waals surface area contributed by atoms with Gasteiger partial charge in [-0.15, -0.1) is 10.2 Å². The van der Waals surface area contributed by atoms with Gasteiger partial charge in [0.1, 0.15) is 0 Å². The van der Waals surface area contributed by atoms with Crippen LogP contribution in [0.1, 0.15) is 17.9 Å². The van der Waals surface area contributed by atoms with Crippen molar-refractivity contribution < 1.29 is 14.3 Å². The smallest absolute Gasteiger partial charge is 0.247 e. The Kier molecular flexibility index (Phi) is 5.78. The van der Waals surface area contributed by atoms with Crippen LogP contribution in [0.4, 0.5) is 0 Å². The van der Waals surface area contributed by atoms with Crippen LogP contribution in [-0.2, 0) is 11.2 Å². The fourth-order valence-corrected chi connectivity index (χ4v) is 2.90. The van der Waals surface area contributed by atoms with Crippen molar-refractivity contribution in [2.75, 3.05) is 39.3 Å². The van der Waals surface area contributed by atoms with Crippen LogP contribution in [-0.4, -0.2) is 70.3 Å². The Morgan fingerprint density at radius 2 is 1.88 bits per heavy atom. The summed E-state index contributed by atoms with van der Waals surface area (Å²) >= 11 is 0. The van der Waals surface area contributed by atoms with E-state index in [1.165, 1.54) is 5.56 Å². The highest BCUT2D eigenvalue weighted by molar-refractivity contribution is 5.76. The van der Waals surface area contributed by atoms with E-state index in [9.17, 15) is 4.79 Å². The van der Waals surface area contributed by atoms with Gasteiger partial charge < -0.3 is 14.4 Å². The number of nitrogens with zero attached hydrogens (tertiary/aromatic N) is 4. The van der Waals surface area contributed by atoms with Crippen LogP contribution >= 0.6 is 0 Å². The summed E-state index contributed by atoms with van der Waals surface area (Å²) < 4.78 is 5.67. The summed E-state index contributed by atoms with van der Waals surface area (Å²) in [7, 11) is 0. The Balaban J connectivity index is 1.49. The van der Waals surface area contributed by atoms with Crippen LogP contribution in [0.3, 0.4) is 0 Å². The van der Waals surface area contributed by atoms with Crippen molar-refractivity contribution in [3.8, 4) is 11.5 Å². The second-order valence-corrected chi connectivity index (χ2v) is 6.31. The summed E-state index contributed by atoms with van der Waals surface area (Å²) in [4.78, 5) is 16.3. The molecule has 3 rings (SSSR count). The Hall–Kier alpha value is -2.25. The maximum atomic E-state index is 12.3. The van der Waals surface area contributed by atoms with Crippen molar-refractivity contribution in [2.45, 2.75) is 19.8 Å². The lowest BCUT2D eigenvalue weighted by Gasteiger charge is -2.34. The molecule has 1 aromatic carbocycles. The van der Waals surface area contributed by atoms with Gasteiger partial charge in [0.25, 0.3) is 0 Å². The zero-order chi connectivity index (χ0) is 17.6. The number of hydrogen-bond donors (Lipinski definition) is 1. The molecule has 1 amide bonds. The fourth-order valence-electron chi connectivity index (χ4n) is 2.90. The molecule has 25 heavy (non-hydrogen) atoms. The Morgan fingerprint density at radius 3 is 2.56 bits per heavy atom. The van der Waals surface area contributed by atoms with Crippen LogP contribution in [0.5, 0.6) is 0 Å². The average molecular weight is 344 g/mol. The van der Waals surface area contributed by atoms with E-state index in [0.717, 1.165) is 18.7 Å². The molecule has 1 aromatic heterocycles. The maximum Gasteiger partial charge on any atom is 0.247 e. The molecule has 0 bridgehead atoms. The first kappa shape index (κ1) is 17.6. The average Bonchev–Trinajstić information content (AvgIpc) is 3.10. The molecule has 7 heteroatoms. The van der Waals surface area contributed by atoms with E-state index in [-0.39, 0.29) is 12.5 Å². The van der Waals surface area contributed by atoms with Gasteiger partial charge in [-0.1, -0.05) is 17.7 Å². The SMILES string of the molecule is Cc1ccc(-c2nnc(CCC(=O)N3CCN(CCO)CC3)o2)cc1. The molecule has 134 valence electrons. The van der Waals surface area contributed by atoms with Gasteiger partial charge in [0.2, 0.25) is 17.7 Å². The summed E-state index contributed by atoms with van der Waals surface area (Å²) in [6, 6.07) is 7.89. The molecule has 0 spiro atoms. The number of piperazine rings is 1. The van der Waals surface area contributed by atoms with E-state index >= 15 is 0 Å². The molecular weight excluding hydrogens is 320 g/mol. The van der Waals surface area contributed by atoms with Crippen molar-refractivity contribution in [1.29, 1.82) is 0 Å². The van der Waals surface area contributed by atoms with Crippen LogP contribution in [0.2, 0.25) is 0 Å². The first-order chi connectivity index (χ1) is 12.2. The summed E-state index contributed by atoms with van der Waals surface area (Å²) in [5.41, 5.74) is 2.06. The standard InChI is InChI=1S/C18H24N4O3/c1-14-2-4-15(5-3-14)18-20-19-16(25-18)6-7-17(24)22-10-8-21(9-11-22)12-13-23/h2-5,23H,6-13H2,1H3. The van der Waals surface area contributed by atoms with E-state index < -0.39 is 0 Å². The molecule has 1 aliphatic heterocycles. The number of benzene rings is 1. The molecule has 7 nitrogen and oxygen atoms in total. The molecule has 0 unspecified atom stereocenters. The van der Waals surface area contributed by atoms with Crippen LogP contribution in [0.15, 0.2) is 28.7 Å². The molecule has 1 aliphatic rings. The summed E-state index contributed by atoms with van der Waals surface area (Å²) in [6.07, 6.45) is 0.823. The Morgan fingerprint density at radius 1 is 1.16 bits per heavy atom. The minimum Gasteiger partial charge on any atom is -0.421 e. The lowest BCUT2D eigenvalue weighted by molar-refractivity contribution is -0.133. The number of carbonyl (C=O) groups excluding carboxylic acids is 1. The van der Waals surface area contributed by atoms with E-state index in [0.29, 0.717) is 44.3 Å². The van der Waals surface area contributed by atoms with E-state index in [1.807, 2.05) is 36.1 Å². The van der Waals surface area contributed by atoms with Crippen molar-refractivity contribution in [3.05, 3.63) is 35.7 Å². The number of aromatic nitrogens is 2. The second kappa shape index (κ2) is 8.22. The van der Waals surface area contributed by atoms with Crippen molar-refractivity contribution in [1.82, 2.24) is 20.0 Å². The molecule has 1 N–H and O–H groups in total. The van der Waals surface area contributed by atoms with Gasteiger partial charge in [0.15, 0.2) is 0 Å². The van der Waals surface area contributed by atoms with Crippen molar-refractivity contribution in [2.24, 2.45) is 0 Å². The van der Waals surface area contributed by atoms with E-state index in [2.05, 4.69) is 15.1 Å². The number of carbonyl (C=O) groups is 1. The molecule has 2 aromatic rings. The highest BCUT2D eigenvalue weighted by Crippen LogP contribution is 2.19. The highest BCUT2D eigenvalue weighted by atomic mass is 16.4. The largest absolute Gasteiger partial charge is 0.421 e. The van der Waals surface area contributed by atoms with Crippen LogP contribution in [0.25, 0.3) is 11.5 Å². The second-order valence-electron chi connectivity index (χ2n) is 6.31. The topological polar surface area (TPSA) is 82.7 Å². The lowest BCUT2D eigenvalue weighted by atomic mass is 10.1. The number of β-amino-alcohol motifs (C(OH)–C–C–N with tert-alkyl or cyclic N) is 1.